The summed E-state index contributed by atoms with van der Waals surface area (Å²) in [7, 11) is 1.57. The Hall–Kier alpha value is -2.82. The Labute approximate surface area is 134 Å². The molecule has 5 nitrogen and oxygen atoms in total. The summed E-state index contributed by atoms with van der Waals surface area (Å²) in [6.07, 6.45) is -0.603. The zero-order chi connectivity index (χ0) is 16.4. The van der Waals surface area contributed by atoms with E-state index in [9.17, 15) is 9.59 Å². The van der Waals surface area contributed by atoms with Gasteiger partial charge in [-0.15, -0.1) is 0 Å². The summed E-state index contributed by atoms with van der Waals surface area (Å²) >= 11 is 0. The molecule has 118 valence electrons. The first-order valence-corrected chi connectivity index (χ1v) is 7.34. The smallest absolute Gasteiger partial charge is 0.268 e. The van der Waals surface area contributed by atoms with Crippen LogP contribution in [0.3, 0.4) is 0 Å². The number of hydrogen-bond acceptors (Lipinski definition) is 4. The van der Waals surface area contributed by atoms with E-state index >= 15 is 0 Å². The van der Waals surface area contributed by atoms with E-state index in [0.29, 0.717) is 22.7 Å². The number of carbonyl (C=O) groups excluding carboxylic acids is 2. The second-order valence-corrected chi connectivity index (χ2v) is 5.30. The quantitative estimate of drug-likeness (QED) is 0.815. The average molecular weight is 311 g/mol. The van der Waals surface area contributed by atoms with Crippen molar-refractivity contribution in [1.82, 2.24) is 0 Å². The fraction of sp³-hybridized carbons (Fsp3) is 0.222. The van der Waals surface area contributed by atoms with Crippen LogP contribution >= 0.6 is 0 Å². The van der Waals surface area contributed by atoms with E-state index in [1.807, 2.05) is 12.1 Å². The van der Waals surface area contributed by atoms with Crippen molar-refractivity contribution in [2.24, 2.45) is 0 Å². The molecule has 0 radical (unpaired) electrons. The summed E-state index contributed by atoms with van der Waals surface area (Å²) in [5, 5.41) is 0. The molecule has 1 aliphatic rings. The highest BCUT2D eigenvalue weighted by atomic mass is 16.5. The Morgan fingerprint density at radius 3 is 2.57 bits per heavy atom. The summed E-state index contributed by atoms with van der Waals surface area (Å²) in [6.45, 7) is 1.67. The van der Waals surface area contributed by atoms with Crippen LogP contribution in [0.15, 0.2) is 48.5 Å². The van der Waals surface area contributed by atoms with E-state index in [-0.39, 0.29) is 18.2 Å². The summed E-state index contributed by atoms with van der Waals surface area (Å²) in [4.78, 5) is 26.4. The standard InChI is InChI=1S/C18H17NO4/c1-12-18(21)19(15-5-3-4-6-17(15)23-12)11-16(20)13-7-9-14(22-2)10-8-13/h3-10,12H,11H2,1-2H3/t12-/m0/s1. The molecule has 0 saturated carbocycles. The van der Waals surface area contributed by atoms with Crippen LogP contribution in [-0.4, -0.2) is 31.4 Å². The topological polar surface area (TPSA) is 55.8 Å². The number of hydrogen-bond donors (Lipinski definition) is 0. The van der Waals surface area contributed by atoms with Crippen LogP contribution < -0.4 is 14.4 Å². The van der Waals surface area contributed by atoms with Gasteiger partial charge in [0.05, 0.1) is 19.3 Å². The van der Waals surface area contributed by atoms with Crippen LogP contribution in [0.1, 0.15) is 17.3 Å². The largest absolute Gasteiger partial charge is 0.497 e. The normalized spacial score (nSPS) is 16.5. The molecule has 0 aliphatic carbocycles. The van der Waals surface area contributed by atoms with Crippen molar-refractivity contribution >= 4 is 17.4 Å². The highest BCUT2D eigenvalue weighted by Crippen LogP contribution is 2.33. The first-order chi connectivity index (χ1) is 11.1. The van der Waals surface area contributed by atoms with Gasteiger partial charge in [-0.1, -0.05) is 12.1 Å². The Morgan fingerprint density at radius 2 is 1.87 bits per heavy atom. The molecule has 0 bridgehead atoms. The zero-order valence-corrected chi connectivity index (χ0v) is 13.0. The molecule has 0 spiro atoms. The molecule has 0 fully saturated rings. The molecule has 1 aliphatic heterocycles. The van der Waals surface area contributed by atoms with E-state index in [4.69, 9.17) is 9.47 Å². The van der Waals surface area contributed by atoms with E-state index in [0.717, 1.165) is 0 Å². The van der Waals surface area contributed by atoms with Crippen LogP contribution in [-0.2, 0) is 4.79 Å². The van der Waals surface area contributed by atoms with Gasteiger partial charge >= 0.3 is 0 Å². The van der Waals surface area contributed by atoms with Crippen LogP contribution in [0.4, 0.5) is 5.69 Å². The number of amides is 1. The number of nitrogens with zero attached hydrogens (tertiary/aromatic N) is 1. The second kappa shape index (κ2) is 6.12. The molecule has 0 N–H and O–H groups in total. The van der Waals surface area contributed by atoms with Crippen molar-refractivity contribution in [3.63, 3.8) is 0 Å². The van der Waals surface area contributed by atoms with Crippen molar-refractivity contribution in [3.05, 3.63) is 54.1 Å². The minimum absolute atomic E-state index is 0.0180. The highest BCUT2D eigenvalue weighted by Gasteiger charge is 2.32. The predicted molar refractivity (Wildman–Crippen MR) is 86.2 cm³/mol. The highest BCUT2D eigenvalue weighted by molar-refractivity contribution is 6.08. The Kier molecular flexibility index (Phi) is 4.02. The maximum absolute atomic E-state index is 12.5. The van der Waals surface area contributed by atoms with Gasteiger partial charge in [-0.2, -0.15) is 0 Å². The molecule has 2 aromatic carbocycles. The van der Waals surface area contributed by atoms with Crippen molar-refractivity contribution < 1.29 is 19.1 Å². The van der Waals surface area contributed by atoms with E-state index in [2.05, 4.69) is 0 Å². The lowest BCUT2D eigenvalue weighted by Gasteiger charge is -2.32. The van der Waals surface area contributed by atoms with Crippen molar-refractivity contribution in [3.8, 4) is 11.5 Å². The number of rotatable bonds is 4. The monoisotopic (exact) mass is 311 g/mol. The van der Waals surface area contributed by atoms with Crippen LogP contribution in [0.5, 0.6) is 11.5 Å². The third-order valence-corrected chi connectivity index (χ3v) is 3.79. The third-order valence-electron chi connectivity index (χ3n) is 3.79. The number of ketones is 1. The van der Waals surface area contributed by atoms with E-state index < -0.39 is 6.10 Å². The number of ether oxygens (including phenoxy) is 2. The molecule has 0 aromatic heterocycles. The lowest BCUT2D eigenvalue weighted by atomic mass is 10.1. The van der Waals surface area contributed by atoms with Gasteiger partial charge in [-0.25, -0.2) is 0 Å². The van der Waals surface area contributed by atoms with Gasteiger partial charge in [-0.3, -0.25) is 14.5 Å². The number of fused-ring (bicyclic) bond motifs is 1. The number of para-hydroxylation sites is 2. The zero-order valence-electron chi connectivity index (χ0n) is 13.0. The molecule has 3 rings (SSSR count). The first-order valence-electron chi connectivity index (χ1n) is 7.34. The Balaban J connectivity index is 1.85. The molecular weight excluding hydrogens is 294 g/mol. The number of carbonyl (C=O) groups is 2. The number of benzene rings is 2. The van der Waals surface area contributed by atoms with Gasteiger partial charge in [-0.05, 0) is 43.3 Å². The lowest BCUT2D eigenvalue weighted by molar-refractivity contribution is -0.125. The molecule has 5 heteroatoms. The number of Topliss-reactive ketones (excluding diaryl/α,β-unsaturated/α-hetero) is 1. The van der Waals surface area contributed by atoms with Crippen molar-refractivity contribution in [2.45, 2.75) is 13.0 Å². The summed E-state index contributed by atoms with van der Waals surface area (Å²) in [6, 6.07) is 14.1. The van der Waals surface area contributed by atoms with Crippen molar-refractivity contribution in [2.75, 3.05) is 18.6 Å². The fourth-order valence-electron chi connectivity index (χ4n) is 2.53. The van der Waals surface area contributed by atoms with Crippen molar-refractivity contribution in [1.29, 1.82) is 0 Å². The Morgan fingerprint density at radius 1 is 1.17 bits per heavy atom. The van der Waals surface area contributed by atoms with E-state index in [1.165, 1.54) is 4.90 Å². The second-order valence-electron chi connectivity index (χ2n) is 5.30. The maximum atomic E-state index is 12.5. The summed E-state index contributed by atoms with van der Waals surface area (Å²) in [5.41, 5.74) is 1.16. The minimum Gasteiger partial charge on any atom is -0.497 e. The van der Waals surface area contributed by atoms with Gasteiger partial charge in [0.15, 0.2) is 11.9 Å². The summed E-state index contributed by atoms with van der Waals surface area (Å²) in [5.74, 6) is 0.945. The lowest BCUT2D eigenvalue weighted by Crippen LogP contribution is -2.46. The van der Waals surface area contributed by atoms with Crippen LogP contribution in [0, 0.1) is 0 Å². The molecule has 2 aromatic rings. The molecule has 23 heavy (non-hydrogen) atoms. The number of methoxy groups -OCH3 is 1. The number of anilines is 1. The van der Waals surface area contributed by atoms with Gasteiger partial charge in [0, 0.05) is 5.56 Å². The molecule has 1 heterocycles. The van der Waals surface area contributed by atoms with Crippen LogP contribution in [0.2, 0.25) is 0 Å². The van der Waals surface area contributed by atoms with Gasteiger partial charge < -0.3 is 9.47 Å². The molecule has 1 atom stereocenters. The third kappa shape index (κ3) is 2.90. The average Bonchev–Trinajstić information content (AvgIpc) is 2.59. The Bertz CT molecular complexity index is 739. The SMILES string of the molecule is COc1ccc(C(=O)CN2C(=O)[C@H](C)Oc3ccccc32)cc1. The van der Waals surface area contributed by atoms with Gasteiger partial charge in [0.1, 0.15) is 11.5 Å². The first kappa shape index (κ1) is 15.1. The summed E-state index contributed by atoms with van der Waals surface area (Å²) < 4.78 is 10.7. The molecule has 0 unspecified atom stereocenters. The predicted octanol–water partition coefficient (Wildman–Crippen LogP) is 2.69. The van der Waals surface area contributed by atoms with E-state index in [1.54, 1.807) is 50.4 Å². The van der Waals surface area contributed by atoms with Crippen LogP contribution in [0.25, 0.3) is 0 Å². The molecule has 1 amide bonds. The van der Waals surface area contributed by atoms with Gasteiger partial charge in [0.25, 0.3) is 5.91 Å². The fourth-order valence-corrected chi connectivity index (χ4v) is 2.53. The maximum Gasteiger partial charge on any atom is 0.268 e. The minimum atomic E-state index is -0.603. The molecule has 0 saturated heterocycles. The van der Waals surface area contributed by atoms with Gasteiger partial charge in [0.2, 0.25) is 0 Å². The molecular formula is C18H17NO4.